The second kappa shape index (κ2) is 5.27. The van der Waals surface area contributed by atoms with Crippen LogP contribution < -0.4 is 10.5 Å². The van der Waals surface area contributed by atoms with E-state index in [1.807, 2.05) is 0 Å². The van der Waals surface area contributed by atoms with Gasteiger partial charge in [-0.25, -0.2) is 5.14 Å². The fourth-order valence-electron chi connectivity index (χ4n) is 1.88. The first kappa shape index (κ1) is 14.3. The molecule has 0 heterocycles. The predicted octanol–water partition coefficient (Wildman–Crippen LogP) is -2.55. The standard InChI is InChI=1S/C8H16N2O6S/c1-4(11)10-6-2-5(7(12)8(6)13)3-16-17(9,14)15/h5-8,12-13H,2-3H2,1H3,(H,10,11)(H2,9,14,15)/t5-,6-,7-,8+/m1/s1. The molecular formula is C8H16N2O6S. The Morgan fingerprint density at radius 1 is 1.47 bits per heavy atom. The number of aliphatic hydroxyl groups excluding tert-OH is 2. The molecule has 0 aromatic rings. The summed E-state index contributed by atoms with van der Waals surface area (Å²) in [5, 5.41) is 26.3. The Morgan fingerprint density at radius 2 is 2.06 bits per heavy atom. The van der Waals surface area contributed by atoms with Crippen LogP contribution in [-0.4, -0.2) is 49.4 Å². The molecule has 0 spiro atoms. The van der Waals surface area contributed by atoms with Gasteiger partial charge in [-0.3, -0.25) is 8.98 Å². The Kier molecular flexibility index (Phi) is 4.44. The summed E-state index contributed by atoms with van der Waals surface area (Å²) in [7, 11) is -4.07. The van der Waals surface area contributed by atoms with Crippen LogP contribution >= 0.6 is 0 Å². The van der Waals surface area contributed by atoms with Crippen LogP contribution in [0.5, 0.6) is 0 Å². The van der Waals surface area contributed by atoms with Gasteiger partial charge in [0, 0.05) is 12.8 Å². The lowest BCUT2D eigenvalue weighted by molar-refractivity contribution is -0.120. The molecule has 17 heavy (non-hydrogen) atoms. The van der Waals surface area contributed by atoms with Gasteiger partial charge in [0.1, 0.15) is 6.10 Å². The molecule has 0 saturated heterocycles. The monoisotopic (exact) mass is 268 g/mol. The van der Waals surface area contributed by atoms with E-state index in [9.17, 15) is 23.4 Å². The minimum absolute atomic E-state index is 0.220. The van der Waals surface area contributed by atoms with E-state index in [0.29, 0.717) is 0 Å². The number of hydrogen-bond acceptors (Lipinski definition) is 6. The molecular weight excluding hydrogens is 252 g/mol. The Bertz CT molecular complexity index is 383. The summed E-state index contributed by atoms with van der Waals surface area (Å²) in [6, 6.07) is -0.614. The first-order valence-corrected chi connectivity index (χ1v) is 6.48. The molecule has 8 nitrogen and oxygen atoms in total. The Labute approximate surface area is 99.0 Å². The van der Waals surface area contributed by atoms with Crippen LogP contribution in [-0.2, 0) is 19.3 Å². The van der Waals surface area contributed by atoms with E-state index in [2.05, 4.69) is 14.6 Å². The highest BCUT2D eigenvalue weighted by molar-refractivity contribution is 7.84. The first-order valence-electron chi connectivity index (χ1n) is 5.01. The summed E-state index contributed by atoms with van der Waals surface area (Å²) in [5.41, 5.74) is 0. The maximum atomic E-state index is 10.8. The largest absolute Gasteiger partial charge is 0.390 e. The fraction of sp³-hybridized carbons (Fsp3) is 0.875. The fourth-order valence-corrected chi connectivity index (χ4v) is 2.24. The highest BCUT2D eigenvalue weighted by Gasteiger charge is 2.42. The van der Waals surface area contributed by atoms with Crippen LogP contribution in [0.1, 0.15) is 13.3 Å². The van der Waals surface area contributed by atoms with Crippen molar-refractivity contribution in [1.29, 1.82) is 0 Å². The van der Waals surface area contributed by atoms with E-state index in [0.717, 1.165) is 0 Å². The zero-order valence-corrected chi connectivity index (χ0v) is 10.1. The highest BCUT2D eigenvalue weighted by atomic mass is 32.2. The van der Waals surface area contributed by atoms with Crippen molar-refractivity contribution in [2.24, 2.45) is 11.1 Å². The second-order valence-electron chi connectivity index (χ2n) is 4.06. The molecule has 0 aliphatic heterocycles. The summed E-state index contributed by atoms with van der Waals surface area (Å²) < 4.78 is 25.5. The molecule has 1 aliphatic rings. The number of aliphatic hydroxyl groups is 2. The summed E-state index contributed by atoms with van der Waals surface area (Å²) >= 11 is 0. The van der Waals surface area contributed by atoms with Crippen LogP contribution in [0, 0.1) is 5.92 Å². The van der Waals surface area contributed by atoms with Crippen molar-refractivity contribution in [3.63, 3.8) is 0 Å². The molecule has 1 rings (SSSR count). The van der Waals surface area contributed by atoms with E-state index >= 15 is 0 Å². The van der Waals surface area contributed by atoms with Crippen molar-refractivity contribution < 1.29 is 27.6 Å². The zero-order valence-electron chi connectivity index (χ0n) is 9.24. The molecule has 0 radical (unpaired) electrons. The van der Waals surface area contributed by atoms with Gasteiger partial charge in [-0.15, -0.1) is 0 Å². The minimum atomic E-state index is -4.07. The third-order valence-electron chi connectivity index (χ3n) is 2.64. The third-order valence-corrected chi connectivity index (χ3v) is 3.10. The lowest BCUT2D eigenvalue weighted by atomic mass is 10.1. The quantitative estimate of drug-likeness (QED) is 0.443. The van der Waals surface area contributed by atoms with Gasteiger partial charge in [0.25, 0.3) is 0 Å². The molecule has 1 amide bonds. The van der Waals surface area contributed by atoms with Crippen molar-refractivity contribution >= 4 is 16.2 Å². The number of carbonyl (C=O) groups is 1. The maximum absolute atomic E-state index is 10.8. The maximum Gasteiger partial charge on any atom is 0.333 e. The summed E-state index contributed by atoms with van der Waals surface area (Å²) in [6.07, 6.45) is -2.08. The SMILES string of the molecule is CC(=O)N[C@@H]1C[C@H](COS(N)(=O)=O)[C@@H](O)[C@H]1O. The molecule has 100 valence electrons. The topological polar surface area (TPSA) is 139 Å². The molecule has 4 atom stereocenters. The van der Waals surface area contributed by atoms with Crippen LogP contribution in [0.4, 0.5) is 0 Å². The van der Waals surface area contributed by atoms with Crippen LogP contribution in [0.25, 0.3) is 0 Å². The molecule has 9 heteroatoms. The number of amides is 1. The van der Waals surface area contributed by atoms with Gasteiger partial charge < -0.3 is 15.5 Å². The van der Waals surface area contributed by atoms with Gasteiger partial charge in [0.05, 0.1) is 18.8 Å². The zero-order chi connectivity index (χ0) is 13.2. The van der Waals surface area contributed by atoms with Crippen molar-refractivity contribution in [3.05, 3.63) is 0 Å². The van der Waals surface area contributed by atoms with Gasteiger partial charge in [-0.1, -0.05) is 0 Å². The van der Waals surface area contributed by atoms with Gasteiger partial charge >= 0.3 is 10.3 Å². The van der Waals surface area contributed by atoms with Crippen LogP contribution in [0.2, 0.25) is 0 Å². The summed E-state index contributed by atoms with van der Waals surface area (Å²) in [6.45, 7) is 0.959. The first-order chi connectivity index (χ1) is 7.70. The van der Waals surface area contributed by atoms with E-state index in [-0.39, 0.29) is 18.9 Å². The van der Waals surface area contributed by atoms with Gasteiger partial charge in [0.15, 0.2) is 0 Å². The Hall–Kier alpha value is -0.740. The van der Waals surface area contributed by atoms with Crippen molar-refractivity contribution in [2.45, 2.75) is 31.6 Å². The number of hydrogen-bond donors (Lipinski definition) is 4. The number of rotatable bonds is 4. The second-order valence-corrected chi connectivity index (χ2v) is 5.28. The normalized spacial score (nSPS) is 33.6. The minimum Gasteiger partial charge on any atom is -0.390 e. The summed E-state index contributed by atoms with van der Waals surface area (Å²) in [5.74, 6) is -0.936. The summed E-state index contributed by atoms with van der Waals surface area (Å²) in [4.78, 5) is 10.8. The smallest absolute Gasteiger partial charge is 0.333 e. The van der Waals surface area contributed by atoms with E-state index < -0.39 is 34.5 Å². The average Bonchev–Trinajstić information content (AvgIpc) is 2.41. The number of nitrogens with one attached hydrogen (secondary N) is 1. The number of nitrogens with two attached hydrogens (primary N) is 1. The van der Waals surface area contributed by atoms with E-state index in [1.165, 1.54) is 6.92 Å². The molecule has 0 aromatic heterocycles. The molecule has 0 unspecified atom stereocenters. The van der Waals surface area contributed by atoms with Gasteiger partial charge in [0.2, 0.25) is 5.91 Å². The Morgan fingerprint density at radius 3 is 2.53 bits per heavy atom. The number of carbonyl (C=O) groups excluding carboxylic acids is 1. The van der Waals surface area contributed by atoms with Crippen LogP contribution in [0.3, 0.4) is 0 Å². The average molecular weight is 268 g/mol. The molecule has 0 bridgehead atoms. The lowest BCUT2D eigenvalue weighted by Crippen LogP contribution is -2.42. The molecule has 5 N–H and O–H groups in total. The van der Waals surface area contributed by atoms with Crippen LogP contribution in [0.15, 0.2) is 0 Å². The van der Waals surface area contributed by atoms with E-state index in [1.54, 1.807) is 0 Å². The molecule has 1 saturated carbocycles. The van der Waals surface area contributed by atoms with Gasteiger partial charge in [-0.05, 0) is 6.42 Å². The Balaban J connectivity index is 2.56. The van der Waals surface area contributed by atoms with Crippen molar-refractivity contribution in [1.82, 2.24) is 5.32 Å². The molecule has 0 aromatic carbocycles. The predicted molar refractivity (Wildman–Crippen MR) is 56.8 cm³/mol. The lowest BCUT2D eigenvalue weighted by Gasteiger charge is -2.17. The van der Waals surface area contributed by atoms with Crippen molar-refractivity contribution in [2.75, 3.05) is 6.61 Å². The molecule has 1 fully saturated rings. The van der Waals surface area contributed by atoms with Crippen molar-refractivity contribution in [3.8, 4) is 0 Å². The van der Waals surface area contributed by atoms with E-state index in [4.69, 9.17) is 0 Å². The third kappa shape index (κ3) is 4.21. The molecule has 1 aliphatic carbocycles. The highest BCUT2D eigenvalue weighted by Crippen LogP contribution is 2.27. The van der Waals surface area contributed by atoms with Gasteiger partial charge in [-0.2, -0.15) is 8.42 Å².